The number of nitrogens with one attached hydrogen (secondary N) is 2. The van der Waals surface area contributed by atoms with Gasteiger partial charge in [-0.2, -0.15) is 0 Å². The van der Waals surface area contributed by atoms with Crippen molar-refractivity contribution in [1.82, 2.24) is 19.6 Å². The molecule has 0 saturated carbocycles. The molecule has 7 nitrogen and oxygen atoms in total. The highest BCUT2D eigenvalue weighted by Crippen LogP contribution is 2.42. The minimum atomic E-state index is -0.810. The highest BCUT2D eigenvalue weighted by atomic mass is 16.5. The van der Waals surface area contributed by atoms with Crippen LogP contribution >= 0.6 is 0 Å². The maximum absolute atomic E-state index is 14.8. The quantitative estimate of drug-likeness (QED) is 0.178. The second-order valence-corrected chi connectivity index (χ2v) is 10.9. The van der Waals surface area contributed by atoms with Crippen molar-refractivity contribution in [3.8, 4) is 39.6 Å². The molecule has 0 radical (unpaired) electrons. The summed E-state index contributed by atoms with van der Waals surface area (Å²) in [4.78, 5) is 29.7. The van der Waals surface area contributed by atoms with Gasteiger partial charge in [-0.1, -0.05) is 115 Å². The van der Waals surface area contributed by atoms with Crippen LogP contribution in [0.5, 0.6) is 5.75 Å². The third-order valence-electron chi connectivity index (χ3n) is 8.11. The van der Waals surface area contributed by atoms with E-state index in [9.17, 15) is 9.59 Å². The molecule has 0 aliphatic rings. The van der Waals surface area contributed by atoms with Crippen molar-refractivity contribution in [3.63, 3.8) is 0 Å². The van der Waals surface area contributed by atoms with Crippen molar-refractivity contribution in [3.05, 3.63) is 183 Å². The van der Waals surface area contributed by atoms with Crippen LogP contribution in [0.2, 0.25) is 0 Å². The number of para-hydroxylation sites is 3. The summed E-state index contributed by atoms with van der Waals surface area (Å²) >= 11 is 0. The number of benzene rings is 5. The number of hydrogen-bond donors (Lipinski definition) is 2. The number of hydrogen-bond acceptors (Lipinski definition) is 3. The molecule has 7 rings (SSSR count). The number of aromatic amines is 2. The first kappa shape index (κ1) is 28.7. The van der Waals surface area contributed by atoms with Crippen molar-refractivity contribution >= 4 is 0 Å². The molecule has 0 aliphatic heterocycles. The van der Waals surface area contributed by atoms with E-state index in [1.165, 1.54) is 0 Å². The van der Waals surface area contributed by atoms with Crippen LogP contribution in [-0.4, -0.2) is 26.2 Å². The number of aromatic nitrogens is 4. The molecule has 226 valence electrons. The van der Waals surface area contributed by atoms with Crippen molar-refractivity contribution in [2.24, 2.45) is 0 Å². The molecular weight excluding hydrogens is 572 g/mol. The first-order chi connectivity index (χ1) is 22.7. The van der Waals surface area contributed by atoms with Gasteiger partial charge in [-0.3, -0.25) is 19.8 Å². The second kappa shape index (κ2) is 12.5. The fraction of sp³-hybridized carbons (Fsp3) is 0.0769. The molecule has 46 heavy (non-hydrogen) atoms. The lowest BCUT2D eigenvalue weighted by atomic mass is 9.82. The molecule has 0 atom stereocenters. The molecule has 0 amide bonds. The minimum Gasteiger partial charge on any atom is -0.494 e. The van der Waals surface area contributed by atoms with Gasteiger partial charge >= 0.3 is 0 Å². The summed E-state index contributed by atoms with van der Waals surface area (Å²) < 4.78 is 9.28. The molecule has 2 heterocycles. The van der Waals surface area contributed by atoms with Gasteiger partial charge in [-0.25, -0.2) is 9.36 Å². The number of H-pyrrole nitrogens is 2. The van der Waals surface area contributed by atoms with Crippen LogP contribution in [0.3, 0.4) is 0 Å². The van der Waals surface area contributed by atoms with Gasteiger partial charge < -0.3 is 4.74 Å². The van der Waals surface area contributed by atoms with E-state index in [0.29, 0.717) is 51.8 Å². The second-order valence-electron chi connectivity index (χ2n) is 10.9. The van der Waals surface area contributed by atoms with Crippen LogP contribution < -0.4 is 15.9 Å². The fourth-order valence-electron chi connectivity index (χ4n) is 6.06. The lowest BCUT2D eigenvalue weighted by molar-refractivity contribution is 0.336. The average molecular weight is 605 g/mol. The predicted molar refractivity (Wildman–Crippen MR) is 182 cm³/mol. The summed E-state index contributed by atoms with van der Waals surface area (Å²) in [6, 6.07) is 46.1. The fourth-order valence-corrected chi connectivity index (χ4v) is 6.06. The molecule has 0 saturated heterocycles. The van der Waals surface area contributed by atoms with E-state index in [2.05, 4.69) is 10.2 Å². The summed E-state index contributed by atoms with van der Waals surface area (Å²) in [5.74, 6) is -0.206. The Morgan fingerprint density at radius 2 is 0.935 bits per heavy atom. The standard InChI is InChI=1S/C39H32N4O3/c1-2-46-32-26-16-15-25-31(32)33(34-36(27-17-7-3-8-18-27)40-42(38(34)44)29-21-11-5-12-22-29)35-37(28-19-9-4-10-20-28)41-43(39(35)45)30-23-13-6-14-24-30/h3-26,33,40-41H,2H2,1H3. The summed E-state index contributed by atoms with van der Waals surface area (Å²) in [6.07, 6.45) is 0. The van der Waals surface area contributed by atoms with Gasteiger partial charge in [0.2, 0.25) is 0 Å². The van der Waals surface area contributed by atoms with Gasteiger partial charge in [-0.05, 0) is 48.4 Å². The molecule has 7 heteroatoms. The van der Waals surface area contributed by atoms with Crippen molar-refractivity contribution in [1.29, 1.82) is 0 Å². The smallest absolute Gasteiger partial charge is 0.276 e. The van der Waals surface area contributed by atoms with Crippen molar-refractivity contribution in [2.45, 2.75) is 12.8 Å². The van der Waals surface area contributed by atoms with Crippen LogP contribution in [0.1, 0.15) is 29.5 Å². The van der Waals surface area contributed by atoms with Crippen LogP contribution in [0.4, 0.5) is 0 Å². The maximum atomic E-state index is 14.8. The number of ether oxygens (including phenoxy) is 1. The van der Waals surface area contributed by atoms with Gasteiger partial charge in [0.25, 0.3) is 11.1 Å². The molecule has 0 unspecified atom stereocenters. The largest absolute Gasteiger partial charge is 0.494 e. The zero-order valence-corrected chi connectivity index (χ0v) is 25.3. The van der Waals surface area contributed by atoms with Gasteiger partial charge in [0, 0.05) is 5.56 Å². The zero-order valence-electron chi connectivity index (χ0n) is 25.3. The van der Waals surface area contributed by atoms with E-state index in [1.54, 1.807) is 9.36 Å². The zero-order chi connectivity index (χ0) is 31.5. The Labute approximate surface area is 266 Å². The van der Waals surface area contributed by atoms with Gasteiger partial charge in [-0.15, -0.1) is 0 Å². The monoisotopic (exact) mass is 604 g/mol. The highest BCUT2D eigenvalue weighted by Gasteiger charge is 2.35. The molecule has 2 N–H and O–H groups in total. The van der Waals surface area contributed by atoms with E-state index < -0.39 is 5.92 Å². The summed E-state index contributed by atoms with van der Waals surface area (Å²) in [7, 11) is 0. The average Bonchev–Trinajstić information content (AvgIpc) is 3.64. The topological polar surface area (TPSA) is 84.8 Å². The lowest BCUT2D eigenvalue weighted by Crippen LogP contribution is -2.25. The van der Waals surface area contributed by atoms with Gasteiger partial charge in [0.05, 0.1) is 46.4 Å². The van der Waals surface area contributed by atoms with Gasteiger partial charge in [0.15, 0.2) is 0 Å². The molecule has 5 aromatic carbocycles. The number of nitrogens with zero attached hydrogens (tertiary/aromatic N) is 2. The SMILES string of the molecule is CCOc1ccccc1C(c1c(-c2ccccc2)[nH]n(-c2ccccc2)c1=O)c1c(-c2ccccc2)[nH]n(-c2ccccc2)c1=O. The van der Waals surface area contributed by atoms with E-state index in [4.69, 9.17) is 4.74 Å². The summed E-state index contributed by atoms with van der Waals surface area (Å²) in [5, 5.41) is 6.83. The Hall–Kier alpha value is -6.08. The van der Waals surface area contributed by atoms with Crippen LogP contribution in [0.15, 0.2) is 155 Å². The molecule has 2 aromatic heterocycles. The van der Waals surface area contributed by atoms with E-state index in [0.717, 1.165) is 11.1 Å². The van der Waals surface area contributed by atoms with Crippen LogP contribution in [-0.2, 0) is 0 Å². The number of rotatable bonds is 9. The first-order valence-corrected chi connectivity index (χ1v) is 15.3. The molecular formula is C39H32N4O3. The normalized spacial score (nSPS) is 11.2. The highest BCUT2D eigenvalue weighted by molar-refractivity contribution is 5.72. The van der Waals surface area contributed by atoms with E-state index in [-0.39, 0.29) is 11.1 Å². The molecule has 0 aliphatic carbocycles. The Kier molecular flexibility index (Phi) is 7.79. The third kappa shape index (κ3) is 5.18. The van der Waals surface area contributed by atoms with E-state index >= 15 is 0 Å². The lowest BCUT2D eigenvalue weighted by Gasteiger charge is -2.20. The first-order valence-electron chi connectivity index (χ1n) is 15.3. The Bertz CT molecular complexity index is 2060. The summed E-state index contributed by atoms with van der Waals surface area (Å²) in [5.41, 5.74) is 5.34. The maximum Gasteiger partial charge on any atom is 0.276 e. The Morgan fingerprint density at radius 1 is 0.543 bits per heavy atom. The third-order valence-corrected chi connectivity index (χ3v) is 8.11. The molecule has 0 fully saturated rings. The molecule has 0 spiro atoms. The van der Waals surface area contributed by atoms with Gasteiger partial charge in [0.1, 0.15) is 5.75 Å². The summed E-state index contributed by atoms with van der Waals surface area (Å²) in [6.45, 7) is 2.34. The van der Waals surface area contributed by atoms with E-state index in [1.807, 2.05) is 153 Å². The molecule has 7 aromatic rings. The van der Waals surface area contributed by atoms with Crippen LogP contribution in [0.25, 0.3) is 33.9 Å². The predicted octanol–water partition coefficient (Wildman–Crippen LogP) is 7.56. The van der Waals surface area contributed by atoms with Crippen LogP contribution in [0, 0.1) is 0 Å². The van der Waals surface area contributed by atoms with Crippen molar-refractivity contribution in [2.75, 3.05) is 6.61 Å². The Balaban J connectivity index is 1.62. The minimum absolute atomic E-state index is 0.257. The van der Waals surface area contributed by atoms with Crippen molar-refractivity contribution < 1.29 is 4.74 Å². The Morgan fingerprint density at radius 3 is 1.37 bits per heavy atom. The molecule has 0 bridgehead atoms.